The Morgan fingerprint density at radius 1 is 1.14 bits per heavy atom. The van der Waals surface area contributed by atoms with Crippen LogP contribution in [-0.4, -0.2) is 47.6 Å². The lowest BCUT2D eigenvalue weighted by Crippen LogP contribution is -2.51. The number of amides is 4. The third-order valence-corrected chi connectivity index (χ3v) is 4.81. The van der Waals surface area contributed by atoms with Gasteiger partial charge in [-0.15, -0.1) is 0 Å². The van der Waals surface area contributed by atoms with Crippen molar-refractivity contribution >= 4 is 23.8 Å². The van der Waals surface area contributed by atoms with E-state index in [9.17, 15) is 19.2 Å². The molecule has 1 spiro atoms. The average Bonchev–Trinajstić information content (AvgIpc) is 2.95. The van der Waals surface area contributed by atoms with Crippen molar-refractivity contribution in [3.05, 3.63) is 29.8 Å². The Hall–Kier alpha value is -3.61. The van der Waals surface area contributed by atoms with Crippen LogP contribution in [0.4, 0.5) is 4.79 Å². The second-order valence-electron chi connectivity index (χ2n) is 6.83. The summed E-state index contributed by atoms with van der Waals surface area (Å²) in [5, 5.41) is 12.0. The molecule has 3 rings (SSSR count). The predicted molar refractivity (Wildman–Crippen MR) is 96.9 cm³/mol. The Labute approximate surface area is 166 Å². The van der Waals surface area contributed by atoms with E-state index in [0.29, 0.717) is 29.2 Å². The molecule has 1 aromatic carbocycles. The van der Waals surface area contributed by atoms with Crippen LogP contribution in [0, 0.1) is 11.3 Å². The SMILES string of the molecule is N#Cc1ccc(OCC(=O)OCC(=O)NN2C(=O)NC3(CCCCC3)C2=O)cc1. The number of carbonyl (C=O) groups is 4. The minimum atomic E-state index is -0.950. The number of hydrogen-bond acceptors (Lipinski definition) is 7. The number of hydrazine groups is 1. The van der Waals surface area contributed by atoms with E-state index in [4.69, 9.17) is 14.7 Å². The van der Waals surface area contributed by atoms with Gasteiger partial charge in [-0.2, -0.15) is 10.3 Å². The molecule has 29 heavy (non-hydrogen) atoms. The van der Waals surface area contributed by atoms with Gasteiger partial charge in [0.2, 0.25) is 0 Å². The van der Waals surface area contributed by atoms with E-state index in [0.717, 1.165) is 19.3 Å². The second kappa shape index (κ2) is 8.60. The van der Waals surface area contributed by atoms with Crippen LogP contribution in [0.3, 0.4) is 0 Å². The van der Waals surface area contributed by atoms with Gasteiger partial charge in [0.05, 0.1) is 11.6 Å². The smallest absolute Gasteiger partial charge is 0.344 e. The number of nitrogens with one attached hydrogen (secondary N) is 2. The highest BCUT2D eigenvalue weighted by atomic mass is 16.6. The van der Waals surface area contributed by atoms with Gasteiger partial charge in [0.1, 0.15) is 11.3 Å². The lowest BCUT2D eigenvalue weighted by molar-refractivity contribution is -0.152. The molecule has 0 aromatic heterocycles. The molecule has 1 heterocycles. The monoisotopic (exact) mass is 400 g/mol. The van der Waals surface area contributed by atoms with Gasteiger partial charge >= 0.3 is 12.0 Å². The minimum absolute atomic E-state index is 0.363. The highest BCUT2D eigenvalue weighted by Gasteiger charge is 2.52. The molecule has 0 bridgehead atoms. The third kappa shape index (κ3) is 4.63. The largest absolute Gasteiger partial charge is 0.482 e. The van der Waals surface area contributed by atoms with Crippen molar-refractivity contribution in [1.29, 1.82) is 5.26 Å². The Balaban J connectivity index is 1.43. The number of benzene rings is 1. The topological polar surface area (TPSA) is 138 Å². The third-order valence-electron chi connectivity index (χ3n) is 4.81. The highest BCUT2D eigenvalue weighted by Crippen LogP contribution is 2.32. The number of urea groups is 1. The number of nitriles is 1. The van der Waals surface area contributed by atoms with Gasteiger partial charge in [0.15, 0.2) is 13.2 Å². The van der Waals surface area contributed by atoms with Crippen LogP contribution in [0.1, 0.15) is 37.7 Å². The summed E-state index contributed by atoms with van der Waals surface area (Å²) in [6.07, 6.45) is 3.71. The summed E-state index contributed by atoms with van der Waals surface area (Å²) < 4.78 is 9.99. The van der Waals surface area contributed by atoms with E-state index in [1.54, 1.807) is 0 Å². The van der Waals surface area contributed by atoms with E-state index in [1.807, 2.05) is 6.07 Å². The summed E-state index contributed by atoms with van der Waals surface area (Å²) in [5.74, 6) is -1.74. The molecule has 1 aromatic rings. The number of nitrogens with zero attached hydrogens (tertiary/aromatic N) is 2. The summed E-state index contributed by atoms with van der Waals surface area (Å²) in [7, 11) is 0. The van der Waals surface area contributed by atoms with Crippen LogP contribution in [0.25, 0.3) is 0 Å². The second-order valence-corrected chi connectivity index (χ2v) is 6.83. The standard InChI is InChI=1S/C19H20N4O6/c20-10-13-4-6-14(7-5-13)28-12-16(25)29-11-15(24)22-23-17(26)19(21-18(23)27)8-2-1-3-9-19/h4-7H,1-3,8-9,11-12H2,(H,21,27)(H,22,24). The molecule has 2 fully saturated rings. The Kier molecular flexibility index (Phi) is 5.97. The minimum Gasteiger partial charge on any atom is -0.482 e. The lowest BCUT2D eigenvalue weighted by atomic mass is 9.82. The van der Waals surface area contributed by atoms with Crippen molar-refractivity contribution in [1.82, 2.24) is 15.8 Å². The molecular formula is C19H20N4O6. The highest BCUT2D eigenvalue weighted by molar-refractivity contribution is 6.08. The average molecular weight is 400 g/mol. The predicted octanol–water partition coefficient (Wildman–Crippen LogP) is 0.766. The van der Waals surface area contributed by atoms with Crippen molar-refractivity contribution in [3.8, 4) is 11.8 Å². The Morgan fingerprint density at radius 3 is 2.48 bits per heavy atom. The van der Waals surface area contributed by atoms with Gasteiger partial charge in [-0.1, -0.05) is 19.3 Å². The van der Waals surface area contributed by atoms with Crippen LogP contribution in [0.5, 0.6) is 5.75 Å². The summed E-state index contributed by atoms with van der Waals surface area (Å²) in [6, 6.07) is 7.38. The van der Waals surface area contributed by atoms with Crippen LogP contribution >= 0.6 is 0 Å². The number of ether oxygens (including phenoxy) is 2. The normalized spacial score (nSPS) is 17.4. The zero-order valence-electron chi connectivity index (χ0n) is 15.6. The van der Waals surface area contributed by atoms with E-state index in [2.05, 4.69) is 10.7 Å². The van der Waals surface area contributed by atoms with Crippen LogP contribution in [0.2, 0.25) is 0 Å². The van der Waals surface area contributed by atoms with Gasteiger partial charge in [-0.25, -0.2) is 9.59 Å². The molecule has 4 amide bonds. The van der Waals surface area contributed by atoms with Gasteiger partial charge in [0.25, 0.3) is 11.8 Å². The fourth-order valence-corrected chi connectivity index (χ4v) is 3.33. The first-order chi connectivity index (χ1) is 13.9. The van der Waals surface area contributed by atoms with Crippen molar-refractivity contribution in [2.24, 2.45) is 0 Å². The van der Waals surface area contributed by atoms with Crippen LogP contribution < -0.4 is 15.5 Å². The zero-order valence-corrected chi connectivity index (χ0v) is 15.6. The fourth-order valence-electron chi connectivity index (χ4n) is 3.33. The first kappa shape index (κ1) is 20.1. The van der Waals surface area contributed by atoms with Gasteiger partial charge in [0, 0.05) is 0 Å². The summed E-state index contributed by atoms with van der Waals surface area (Å²) in [5.41, 5.74) is 1.68. The summed E-state index contributed by atoms with van der Waals surface area (Å²) in [4.78, 5) is 48.3. The first-order valence-electron chi connectivity index (χ1n) is 9.18. The van der Waals surface area contributed by atoms with Gasteiger partial charge in [-0.3, -0.25) is 15.0 Å². The first-order valence-corrected chi connectivity index (χ1v) is 9.18. The maximum atomic E-state index is 12.6. The van der Waals surface area contributed by atoms with E-state index in [-0.39, 0.29) is 0 Å². The van der Waals surface area contributed by atoms with Crippen LogP contribution in [-0.2, 0) is 19.1 Å². The number of carbonyl (C=O) groups excluding carboxylic acids is 4. The van der Waals surface area contributed by atoms with Crippen molar-refractivity contribution in [2.45, 2.75) is 37.6 Å². The van der Waals surface area contributed by atoms with E-state index < -0.39 is 42.6 Å². The van der Waals surface area contributed by atoms with Gasteiger partial charge in [-0.05, 0) is 37.1 Å². The molecule has 1 aliphatic carbocycles. The van der Waals surface area contributed by atoms with Crippen molar-refractivity contribution < 1.29 is 28.7 Å². The van der Waals surface area contributed by atoms with E-state index in [1.165, 1.54) is 24.3 Å². The molecule has 2 N–H and O–H groups in total. The van der Waals surface area contributed by atoms with Crippen molar-refractivity contribution in [2.75, 3.05) is 13.2 Å². The molecule has 2 aliphatic rings. The number of imide groups is 1. The molecule has 0 unspecified atom stereocenters. The maximum absolute atomic E-state index is 12.6. The maximum Gasteiger partial charge on any atom is 0.344 e. The molecule has 1 aliphatic heterocycles. The number of rotatable bonds is 6. The molecule has 1 saturated heterocycles. The number of esters is 1. The molecular weight excluding hydrogens is 380 g/mol. The lowest BCUT2D eigenvalue weighted by Gasteiger charge is -2.30. The Morgan fingerprint density at radius 2 is 1.83 bits per heavy atom. The van der Waals surface area contributed by atoms with Crippen molar-refractivity contribution in [3.63, 3.8) is 0 Å². The Bertz CT molecular complexity index is 854. The molecule has 152 valence electrons. The zero-order chi connectivity index (χ0) is 20.9. The fraction of sp³-hybridized carbons (Fsp3) is 0.421. The quantitative estimate of drug-likeness (QED) is 0.531. The molecule has 0 radical (unpaired) electrons. The summed E-state index contributed by atoms with van der Waals surface area (Å²) in [6.45, 7) is -1.11. The molecule has 1 saturated carbocycles. The number of hydrogen-bond donors (Lipinski definition) is 2. The summed E-state index contributed by atoms with van der Waals surface area (Å²) >= 11 is 0. The molecule has 10 heteroatoms. The van der Waals surface area contributed by atoms with Gasteiger partial charge < -0.3 is 14.8 Å². The van der Waals surface area contributed by atoms with Crippen LogP contribution in [0.15, 0.2) is 24.3 Å². The molecule has 0 atom stereocenters. The van der Waals surface area contributed by atoms with E-state index >= 15 is 0 Å². The molecule has 10 nitrogen and oxygen atoms in total.